The number of anilines is 1. The molecular formula is C10H12BrN. The zero-order chi connectivity index (χ0) is 8.55. The van der Waals surface area contributed by atoms with Crippen LogP contribution in [0.3, 0.4) is 0 Å². The van der Waals surface area contributed by atoms with Gasteiger partial charge in [0.05, 0.1) is 5.69 Å². The Morgan fingerprint density at radius 3 is 3.08 bits per heavy atom. The third kappa shape index (κ3) is 1.36. The number of halogens is 1. The number of nitrogens with one attached hydrogen (secondary N) is 1. The summed E-state index contributed by atoms with van der Waals surface area (Å²) in [6.45, 7) is 3.24. The number of benzene rings is 1. The monoisotopic (exact) mass is 225 g/mol. The van der Waals surface area contributed by atoms with Crippen molar-refractivity contribution >= 4 is 21.6 Å². The highest BCUT2D eigenvalue weighted by Crippen LogP contribution is 2.31. The van der Waals surface area contributed by atoms with E-state index in [1.807, 2.05) is 0 Å². The molecule has 0 radical (unpaired) electrons. The van der Waals surface area contributed by atoms with Gasteiger partial charge in [0.25, 0.3) is 0 Å². The Morgan fingerprint density at radius 2 is 2.25 bits per heavy atom. The molecule has 0 saturated carbocycles. The molecule has 0 unspecified atom stereocenters. The molecule has 1 nitrogen and oxygen atoms in total. The molecule has 0 atom stereocenters. The van der Waals surface area contributed by atoms with Gasteiger partial charge >= 0.3 is 0 Å². The van der Waals surface area contributed by atoms with Crippen LogP contribution in [0.1, 0.15) is 17.5 Å². The molecule has 0 saturated heterocycles. The Bertz CT molecular complexity index is 307. The lowest BCUT2D eigenvalue weighted by Crippen LogP contribution is -2.12. The van der Waals surface area contributed by atoms with Crippen molar-refractivity contribution in [1.29, 1.82) is 0 Å². The van der Waals surface area contributed by atoms with Crippen molar-refractivity contribution in [3.05, 3.63) is 27.7 Å². The number of aryl methyl sites for hydroxylation is 2. The molecule has 1 heterocycles. The standard InChI is InChI=1S/C10H12BrN/c1-7-5-8-3-2-4-12-10(8)9(11)6-7/h5-6,12H,2-4H2,1H3. The zero-order valence-corrected chi connectivity index (χ0v) is 8.74. The van der Waals surface area contributed by atoms with Gasteiger partial charge in [-0.05, 0) is 52.9 Å². The minimum atomic E-state index is 1.11. The van der Waals surface area contributed by atoms with Gasteiger partial charge in [-0.3, -0.25) is 0 Å². The largest absolute Gasteiger partial charge is 0.384 e. The van der Waals surface area contributed by atoms with Crippen LogP contribution < -0.4 is 5.32 Å². The third-order valence-electron chi connectivity index (χ3n) is 2.24. The highest BCUT2D eigenvalue weighted by atomic mass is 79.9. The van der Waals surface area contributed by atoms with Crippen LogP contribution in [0.5, 0.6) is 0 Å². The number of hydrogen-bond acceptors (Lipinski definition) is 1. The maximum Gasteiger partial charge on any atom is 0.0517 e. The average Bonchev–Trinajstić information content (AvgIpc) is 2.04. The Balaban J connectivity index is 2.53. The lowest BCUT2D eigenvalue weighted by atomic mass is 10.0. The van der Waals surface area contributed by atoms with E-state index >= 15 is 0 Å². The number of rotatable bonds is 0. The molecular weight excluding hydrogens is 214 g/mol. The lowest BCUT2D eigenvalue weighted by Gasteiger charge is -2.19. The van der Waals surface area contributed by atoms with Crippen LogP contribution in [0.4, 0.5) is 5.69 Å². The van der Waals surface area contributed by atoms with E-state index in [-0.39, 0.29) is 0 Å². The summed E-state index contributed by atoms with van der Waals surface area (Å²) in [6, 6.07) is 4.43. The van der Waals surface area contributed by atoms with E-state index in [1.54, 1.807) is 0 Å². The second-order valence-electron chi connectivity index (χ2n) is 3.31. The Kier molecular flexibility index (Phi) is 2.09. The zero-order valence-electron chi connectivity index (χ0n) is 7.15. The second kappa shape index (κ2) is 3.09. The maximum atomic E-state index is 3.57. The molecule has 2 rings (SSSR count). The van der Waals surface area contributed by atoms with Crippen molar-refractivity contribution in [2.24, 2.45) is 0 Å². The van der Waals surface area contributed by atoms with E-state index in [1.165, 1.54) is 34.1 Å². The van der Waals surface area contributed by atoms with Crippen LogP contribution in [0, 0.1) is 6.92 Å². The average molecular weight is 226 g/mol. The fourth-order valence-electron chi connectivity index (χ4n) is 1.70. The minimum absolute atomic E-state index is 1.11. The van der Waals surface area contributed by atoms with Gasteiger partial charge in [0, 0.05) is 11.0 Å². The van der Waals surface area contributed by atoms with Gasteiger partial charge in [-0.25, -0.2) is 0 Å². The van der Waals surface area contributed by atoms with Crippen LogP contribution >= 0.6 is 15.9 Å². The summed E-state index contributed by atoms with van der Waals surface area (Å²) in [5, 5.41) is 3.41. The molecule has 1 aromatic carbocycles. The molecule has 12 heavy (non-hydrogen) atoms. The van der Waals surface area contributed by atoms with Gasteiger partial charge in [-0.1, -0.05) is 6.07 Å². The summed E-state index contributed by atoms with van der Waals surface area (Å²) in [4.78, 5) is 0. The molecule has 0 fully saturated rings. The summed E-state index contributed by atoms with van der Waals surface area (Å²) in [7, 11) is 0. The summed E-state index contributed by atoms with van der Waals surface area (Å²) in [5.41, 5.74) is 4.09. The van der Waals surface area contributed by atoms with Crippen molar-refractivity contribution in [3.8, 4) is 0 Å². The minimum Gasteiger partial charge on any atom is -0.384 e. The van der Waals surface area contributed by atoms with E-state index in [2.05, 4.69) is 40.3 Å². The van der Waals surface area contributed by atoms with E-state index in [0.717, 1.165) is 6.54 Å². The van der Waals surface area contributed by atoms with E-state index < -0.39 is 0 Å². The first-order valence-electron chi connectivity index (χ1n) is 4.30. The van der Waals surface area contributed by atoms with Crippen LogP contribution in [0.25, 0.3) is 0 Å². The predicted octanol–water partition coefficient (Wildman–Crippen LogP) is 3.12. The van der Waals surface area contributed by atoms with Crippen LogP contribution in [0.2, 0.25) is 0 Å². The molecule has 0 spiro atoms. The van der Waals surface area contributed by atoms with Crippen LogP contribution in [-0.2, 0) is 6.42 Å². The Morgan fingerprint density at radius 1 is 1.42 bits per heavy atom. The fraction of sp³-hybridized carbons (Fsp3) is 0.400. The topological polar surface area (TPSA) is 12.0 Å². The lowest BCUT2D eigenvalue weighted by molar-refractivity contribution is 0.827. The van der Waals surface area contributed by atoms with Crippen molar-refractivity contribution in [3.63, 3.8) is 0 Å². The third-order valence-corrected chi connectivity index (χ3v) is 2.87. The SMILES string of the molecule is Cc1cc(Br)c2c(c1)CCCN2. The fourth-order valence-corrected chi connectivity index (χ4v) is 2.46. The van der Waals surface area contributed by atoms with Crippen LogP contribution in [0.15, 0.2) is 16.6 Å². The molecule has 1 aromatic rings. The number of hydrogen-bond donors (Lipinski definition) is 1. The van der Waals surface area contributed by atoms with Crippen molar-refractivity contribution in [2.45, 2.75) is 19.8 Å². The molecule has 1 N–H and O–H groups in total. The predicted molar refractivity (Wildman–Crippen MR) is 55.7 cm³/mol. The van der Waals surface area contributed by atoms with Crippen molar-refractivity contribution in [2.75, 3.05) is 11.9 Å². The van der Waals surface area contributed by atoms with Gasteiger partial charge < -0.3 is 5.32 Å². The normalized spacial score (nSPS) is 15.2. The van der Waals surface area contributed by atoms with Gasteiger partial charge in [-0.2, -0.15) is 0 Å². The first-order chi connectivity index (χ1) is 5.77. The quantitative estimate of drug-likeness (QED) is 0.716. The molecule has 2 heteroatoms. The summed E-state index contributed by atoms with van der Waals surface area (Å²) < 4.78 is 1.21. The molecule has 0 aliphatic carbocycles. The van der Waals surface area contributed by atoms with E-state index in [0.29, 0.717) is 0 Å². The maximum absolute atomic E-state index is 3.57. The summed E-state index contributed by atoms with van der Waals surface area (Å²) in [5.74, 6) is 0. The molecule has 1 aliphatic heterocycles. The second-order valence-corrected chi connectivity index (χ2v) is 4.17. The van der Waals surface area contributed by atoms with Crippen molar-refractivity contribution < 1.29 is 0 Å². The molecule has 1 aliphatic rings. The van der Waals surface area contributed by atoms with Crippen molar-refractivity contribution in [1.82, 2.24) is 0 Å². The van der Waals surface area contributed by atoms with E-state index in [9.17, 15) is 0 Å². The Labute approximate surface area is 81.3 Å². The summed E-state index contributed by atoms with van der Waals surface area (Å²) >= 11 is 3.57. The Hall–Kier alpha value is -0.500. The van der Waals surface area contributed by atoms with Crippen LogP contribution in [-0.4, -0.2) is 6.54 Å². The first-order valence-corrected chi connectivity index (χ1v) is 5.09. The highest BCUT2D eigenvalue weighted by Gasteiger charge is 2.11. The molecule has 0 bridgehead atoms. The van der Waals surface area contributed by atoms with Gasteiger partial charge in [-0.15, -0.1) is 0 Å². The smallest absolute Gasteiger partial charge is 0.0517 e. The van der Waals surface area contributed by atoms with E-state index in [4.69, 9.17) is 0 Å². The first kappa shape index (κ1) is 8.11. The molecule has 0 amide bonds. The summed E-state index contributed by atoms with van der Waals surface area (Å²) in [6.07, 6.45) is 2.46. The van der Waals surface area contributed by atoms with Gasteiger partial charge in [0.15, 0.2) is 0 Å². The highest BCUT2D eigenvalue weighted by molar-refractivity contribution is 9.10. The number of fused-ring (bicyclic) bond motifs is 1. The molecule has 64 valence electrons. The van der Waals surface area contributed by atoms with Gasteiger partial charge in [0.1, 0.15) is 0 Å². The molecule has 0 aromatic heterocycles. The van der Waals surface area contributed by atoms with Gasteiger partial charge in [0.2, 0.25) is 0 Å².